The van der Waals surface area contributed by atoms with E-state index in [4.69, 9.17) is 4.74 Å². The van der Waals surface area contributed by atoms with Gasteiger partial charge >= 0.3 is 0 Å². The monoisotopic (exact) mass is 302 g/mol. The Hall–Kier alpha value is -1.88. The topological polar surface area (TPSA) is 58.6 Å². The second-order valence-electron chi connectivity index (χ2n) is 6.29. The summed E-state index contributed by atoms with van der Waals surface area (Å²) in [6.07, 6.45) is 1.99. The largest absolute Gasteiger partial charge is 0.375 e. The van der Waals surface area contributed by atoms with Gasteiger partial charge in [0, 0.05) is 23.7 Å². The summed E-state index contributed by atoms with van der Waals surface area (Å²) in [5.74, 6) is 0.197. The number of amides is 2. The van der Waals surface area contributed by atoms with Crippen LogP contribution in [0.15, 0.2) is 24.3 Å². The number of ether oxygens (including phenoxy) is 1. The molecule has 1 N–H and O–H groups in total. The number of hydrogen-bond donors (Lipinski definition) is 1. The van der Waals surface area contributed by atoms with Crippen LogP contribution in [-0.2, 0) is 9.53 Å². The molecule has 1 heterocycles. The Morgan fingerprint density at radius 3 is 2.77 bits per heavy atom. The lowest BCUT2D eigenvalue weighted by molar-refractivity contribution is -0.117. The lowest BCUT2D eigenvalue weighted by Crippen LogP contribution is -2.50. The molecular weight excluding hydrogens is 280 g/mol. The maximum Gasteiger partial charge on any atom is 0.254 e. The summed E-state index contributed by atoms with van der Waals surface area (Å²) in [5, 5.41) is 2.89. The van der Waals surface area contributed by atoms with E-state index >= 15 is 0 Å². The number of nitrogens with one attached hydrogen (secondary N) is 1. The standard InChI is InChI=1S/C17H22N2O3/c1-11-10-22-12(2)9-19(11)17(21)14-4-3-5-15(8-14)18-16(20)13-6-7-13/h3-5,8,11-13H,6-7,9-10H2,1-2H3,(H,18,20). The summed E-state index contributed by atoms with van der Waals surface area (Å²) in [6.45, 7) is 5.12. The summed E-state index contributed by atoms with van der Waals surface area (Å²) in [4.78, 5) is 26.4. The van der Waals surface area contributed by atoms with Crippen molar-refractivity contribution < 1.29 is 14.3 Å². The van der Waals surface area contributed by atoms with Crippen LogP contribution in [0.2, 0.25) is 0 Å². The van der Waals surface area contributed by atoms with Gasteiger partial charge in [0.15, 0.2) is 0 Å². The van der Waals surface area contributed by atoms with Crippen molar-refractivity contribution in [1.82, 2.24) is 4.90 Å². The van der Waals surface area contributed by atoms with Gasteiger partial charge in [-0.25, -0.2) is 0 Å². The van der Waals surface area contributed by atoms with Crippen molar-refractivity contribution in [3.63, 3.8) is 0 Å². The Labute approximate surface area is 130 Å². The molecule has 0 bridgehead atoms. The minimum absolute atomic E-state index is 0.00910. The molecule has 2 atom stereocenters. The van der Waals surface area contributed by atoms with Crippen molar-refractivity contribution in [1.29, 1.82) is 0 Å². The molecule has 0 spiro atoms. The van der Waals surface area contributed by atoms with Crippen molar-refractivity contribution in [2.24, 2.45) is 5.92 Å². The van der Waals surface area contributed by atoms with Gasteiger partial charge in [-0.3, -0.25) is 9.59 Å². The van der Waals surface area contributed by atoms with Crippen LogP contribution >= 0.6 is 0 Å². The second-order valence-corrected chi connectivity index (χ2v) is 6.29. The predicted octanol–water partition coefficient (Wildman–Crippen LogP) is 2.28. The third kappa shape index (κ3) is 3.30. The van der Waals surface area contributed by atoms with Gasteiger partial charge in [-0.05, 0) is 44.9 Å². The van der Waals surface area contributed by atoms with Crippen molar-refractivity contribution >= 4 is 17.5 Å². The second kappa shape index (κ2) is 6.08. The smallest absolute Gasteiger partial charge is 0.254 e. The van der Waals surface area contributed by atoms with Crippen LogP contribution < -0.4 is 5.32 Å². The lowest BCUT2D eigenvalue weighted by Gasteiger charge is -2.36. The average Bonchev–Trinajstić information content (AvgIpc) is 3.34. The quantitative estimate of drug-likeness (QED) is 0.932. The number of carbonyl (C=O) groups excluding carboxylic acids is 2. The Kier molecular flexibility index (Phi) is 4.16. The zero-order chi connectivity index (χ0) is 15.7. The van der Waals surface area contributed by atoms with E-state index in [0.29, 0.717) is 24.4 Å². The van der Waals surface area contributed by atoms with Crippen molar-refractivity contribution in [3.8, 4) is 0 Å². The Morgan fingerprint density at radius 2 is 2.05 bits per heavy atom. The number of carbonyl (C=O) groups is 2. The summed E-state index contributed by atoms with van der Waals surface area (Å²) in [7, 11) is 0. The first-order valence-corrected chi connectivity index (χ1v) is 7.88. The van der Waals surface area contributed by atoms with Crippen molar-refractivity contribution in [2.75, 3.05) is 18.5 Å². The molecule has 3 rings (SSSR count). The number of benzene rings is 1. The fraction of sp³-hybridized carbons (Fsp3) is 0.529. The summed E-state index contributed by atoms with van der Waals surface area (Å²) in [6, 6.07) is 7.25. The molecule has 2 unspecified atom stereocenters. The van der Waals surface area contributed by atoms with Crippen molar-refractivity contribution in [2.45, 2.75) is 38.8 Å². The molecule has 0 radical (unpaired) electrons. The predicted molar refractivity (Wildman–Crippen MR) is 83.7 cm³/mol. The van der Waals surface area contributed by atoms with E-state index < -0.39 is 0 Å². The molecule has 2 amide bonds. The molecule has 1 saturated heterocycles. The van der Waals surface area contributed by atoms with Crippen LogP contribution in [-0.4, -0.2) is 42.0 Å². The maximum atomic E-state index is 12.7. The first-order chi connectivity index (χ1) is 10.5. The van der Waals surface area contributed by atoms with Gasteiger partial charge < -0.3 is 15.0 Å². The molecule has 0 aromatic heterocycles. The highest BCUT2D eigenvalue weighted by molar-refractivity contribution is 5.98. The Bertz CT molecular complexity index is 583. The number of morpholine rings is 1. The molecule has 1 aromatic carbocycles. The highest BCUT2D eigenvalue weighted by Crippen LogP contribution is 2.30. The zero-order valence-electron chi connectivity index (χ0n) is 13.0. The summed E-state index contributed by atoms with van der Waals surface area (Å²) >= 11 is 0. The van der Waals surface area contributed by atoms with E-state index in [-0.39, 0.29) is 29.9 Å². The van der Waals surface area contributed by atoms with Gasteiger partial charge in [0.2, 0.25) is 5.91 Å². The summed E-state index contributed by atoms with van der Waals surface area (Å²) < 4.78 is 5.57. The highest BCUT2D eigenvalue weighted by atomic mass is 16.5. The minimum Gasteiger partial charge on any atom is -0.375 e. The fourth-order valence-corrected chi connectivity index (χ4v) is 2.67. The van der Waals surface area contributed by atoms with E-state index in [0.717, 1.165) is 12.8 Å². The van der Waals surface area contributed by atoms with Gasteiger partial charge in [0.25, 0.3) is 5.91 Å². The molecule has 2 aliphatic rings. The molecule has 118 valence electrons. The minimum atomic E-state index is -0.00910. The molecule has 1 aromatic rings. The number of rotatable bonds is 3. The van der Waals surface area contributed by atoms with Crippen LogP contribution in [0.1, 0.15) is 37.0 Å². The summed E-state index contributed by atoms with van der Waals surface area (Å²) in [5.41, 5.74) is 1.30. The molecule has 22 heavy (non-hydrogen) atoms. The maximum absolute atomic E-state index is 12.7. The van der Waals surface area contributed by atoms with Crippen LogP contribution in [0.25, 0.3) is 0 Å². The van der Waals surface area contributed by atoms with Crippen molar-refractivity contribution in [3.05, 3.63) is 29.8 Å². The number of nitrogens with zero attached hydrogens (tertiary/aromatic N) is 1. The third-order valence-electron chi connectivity index (χ3n) is 4.19. The fourth-order valence-electron chi connectivity index (χ4n) is 2.67. The number of anilines is 1. The highest BCUT2D eigenvalue weighted by Gasteiger charge is 2.30. The molecule has 1 saturated carbocycles. The van der Waals surface area contributed by atoms with Gasteiger partial charge in [-0.1, -0.05) is 6.07 Å². The van der Waals surface area contributed by atoms with Crippen LogP contribution in [0.4, 0.5) is 5.69 Å². The Balaban J connectivity index is 1.72. The number of hydrogen-bond acceptors (Lipinski definition) is 3. The van der Waals surface area contributed by atoms with Gasteiger partial charge in [0.05, 0.1) is 18.8 Å². The first kappa shape index (κ1) is 15.0. The first-order valence-electron chi connectivity index (χ1n) is 7.88. The van der Waals surface area contributed by atoms with E-state index in [1.165, 1.54) is 0 Å². The van der Waals surface area contributed by atoms with Crippen LogP contribution in [0.3, 0.4) is 0 Å². The van der Waals surface area contributed by atoms with E-state index in [9.17, 15) is 9.59 Å². The lowest BCUT2D eigenvalue weighted by atomic mass is 10.1. The zero-order valence-corrected chi connectivity index (χ0v) is 13.0. The van der Waals surface area contributed by atoms with Gasteiger partial charge in [-0.2, -0.15) is 0 Å². The third-order valence-corrected chi connectivity index (χ3v) is 4.19. The normalized spacial score (nSPS) is 24.9. The average molecular weight is 302 g/mol. The van der Waals surface area contributed by atoms with E-state index in [1.807, 2.05) is 30.9 Å². The molecular formula is C17H22N2O3. The SMILES string of the molecule is CC1CN(C(=O)c2cccc(NC(=O)C3CC3)c2)C(C)CO1. The van der Waals surface area contributed by atoms with E-state index in [2.05, 4.69) is 5.32 Å². The molecule has 2 fully saturated rings. The van der Waals surface area contributed by atoms with E-state index in [1.54, 1.807) is 12.1 Å². The molecule has 1 aliphatic carbocycles. The van der Waals surface area contributed by atoms with Gasteiger partial charge in [-0.15, -0.1) is 0 Å². The van der Waals surface area contributed by atoms with Crippen LogP contribution in [0.5, 0.6) is 0 Å². The van der Waals surface area contributed by atoms with Crippen LogP contribution in [0, 0.1) is 5.92 Å². The molecule has 1 aliphatic heterocycles. The van der Waals surface area contributed by atoms with Gasteiger partial charge in [0.1, 0.15) is 0 Å². The molecule has 5 nitrogen and oxygen atoms in total. The molecule has 5 heteroatoms. The Morgan fingerprint density at radius 1 is 1.27 bits per heavy atom.